The number of ether oxygens (including phenoxy) is 1. The molecule has 0 saturated carbocycles. The van der Waals surface area contributed by atoms with Crippen LogP contribution in [0.25, 0.3) is 0 Å². The van der Waals surface area contributed by atoms with Crippen LogP contribution in [0.4, 0.5) is 5.69 Å². The van der Waals surface area contributed by atoms with Crippen LogP contribution in [0.5, 0.6) is 0 Å². The number of likely N-dealkylation sites (tertiary alicyclic amines) is 1. The Hall–Kier alpha value is -2.88. The fraction of sp³-hybridized carbons (Fsp3) is 0.457. The van der Waals surface area contributed by atoms with E-state index in [4.69, 9.17) is 4.74 Å². The number of alkyl halides is 1. The minimum absolute atomic E-state index is 0.0806. The molecule has 1 N–H and O–H groups in total. The minimum atomic E-state index is -0.919. The zero-order valence-corrected chi connectivity index (χ0v) is 27.8. The number of benzene rings is 2. The number of fused-ring (bicyclic) bond motifs is 1. The monoisotopic (exact) mass is 680 g/mol. The Bertz CT molecular complexity index is 1420. The van der Waals surface area contributed by atoms with E-state index in [2.05, 4.69) is 29.1 Å². The zero-order chi connectivity index (χ0) is 31.6. The van der Waals surface area contributed by atoms with Crippen molar-refractivity contribution in [3.63, 3.8) is 0 Å². The van der Waals surface area contributed by atoms with Gasteiger partial charge in [-0.25, -0.2) is 0 Å². The molecule has 2 bridgehead atoms. The number of halogens is 1. The lowest BCUT2D eigenvalue weighted by atomic mass is 9.71. The molecule has 1 spiro atoms. The van der Waals surface area contributed by atoms with Crippen molar-refractivity contribution in [1.82, 2.24) is 4.90 Å². The maximum Gasteiger partial charge on any atom is 0.310 e. The van der Waals surface area contributed by atoms with Crippen molar-refractivity contribution in [3.8, 4) is 0 Å². The van der Waals surface area contributed by atoms with Gasteiger partial charge in [-0.2, -0.15) is 0 Å². The molecule has 0 radical (unpaired) electrons. The number of carbonyl (C=O) groups excluding carboxylic acids is 3. The normalized spacial score (nSPS) is 27.6. The summed E-state index contributed by atoms with van der Waals surface area (Å²) in [7, 11) is 0. The molecule has 3 aliphatic heterocycles. The van der Waals surface area contributed by atoms with Gasteiger partial charge < -0.3 is 19.6 Å². The van der Waals surface area contributed by atoms with Crippen LogP contribution in [-0.2, 0) is 19.1 Å². The summed E-state index contributed by atoms with van der Waals surface area (Å²) >= 11 is 5.40. The summed E-state index contributed by atoms with van der Waals surface area (Å²) in [5, 5.41) is 10.6. The summed E-state index contributed by atoms with van der Waals surface area (Å²) < 4.78 is 4.90. The van der Waals surface area contributed by atoms with Gasteiger partial charge in [0, 0.05) is 22.3 Å². The van der Waals surface area contributed by atoms with Crippen molar-refractivity contribution in [2.24, 2.45) is 11.8 Å². The fourth-order valence-electron chi connectivity index (χ4n) is 7.24. The van der Waals surface area contributed by atoms with E-state index in [1.807, 2.05) is 68.5 Å². The first-order chi connectivity index (χ1) is 21.2. The molecule has 3 unspecified atom stereocenters. The van der Waals surface area contributed by atoms with Gasteiger partial charge in [-0.3, -0.25) is 14.4 Å². The van der Waals surface area contributed by atoms with E-state index in [0.29, 0.717) is 12.8 Å². The molecule has 3 saturated heterocycles. The molecule has 7 nitrogen and oxygen atoms in total. The molecule has 5 rings (SSSR count). The van der Waals surface area contributed by atoms with Crippen LogP contribution in [0.15, 0.2) is 73.8 Å². The lowest BCUT2D eigenvalue weighted by Crippen LogP contribution is -2.56. The third kappa shape index (κ3) is 5.67. The van der Waals surface area contributed by atoms with Crippen molar-refractivity contribution in [2.45, 2.75) is 66.4 Å². The second kappa shape index (κ2) is 13.6. The van der Waals surface area contributed by atoms with Crippen LogP contribution in [0.2, 0.25) is 0 Å². The maximum atomic E-state index is 15.0. The van der Waals surface area contributed by atoms with Gasteiger partial charge >= 0.3 is 5.97 Å². The summed E-state index contributed by atoms with van der Waals surface area (Å²) in [6.45, 7) is 11.8. The highest BCUT2D eigenvalue weighted by atomic mass is 79.9. The van der Waals surface area contributed by atoms with Gasteiger partial charge in [-0.05, 0) is 62.3 Å². The van der Waals surface area contributed by atoms with E-state index in [1.54, 1.807) is 27.6 Å². The molecule has 0 aromatic heterocycles. The molecule has 2 aromatic carbocycles. The Kier molecular flexibility index (Phi) is 10.1. The number of unbranched alkanes of at least 4 members (excludes halogenated alkanes) is 2. The second-order valence-corrected chi connectivity index (χ2v) is 14.7. The summed E-state index contributed by atoms with van der Waals surface area (Å²) in [6, 6.07) is 13.6. The molecule has 7 atom stereocenters. The van der Waals surface area contributed by atoms with Gasteiger partial charge in [0.25, 0.3) is 5.91 Å². The molecule has 0 aliphatic carbocycles. The smallest absolute Gasteiger partial charge is 0.310 e. The first kappa shape index (κ1) is 32.5. The van der Waals surface area contributed by atoms with Gasteiger partial charge in [0.1, 0.15) is 6.04 Å². The molecule has 2 aromatic rings. The quantitative estimate of drug-likeness (QED) is 0.122. The zero-order valence-electron chi connectivity index (χ0n) is 25.4. The number of allylic oxidation sites excluding steroid dienone is 1. The molecule has 3 aliphatic rings. The van der Waals surface area contributed by atoms with Crippen molar-refractivity contribution in [3.05, 3.63) is 90.5 Å². The molecule has 44 heavy (non-hydrogen) atoms. The molecule has 3 heterocycles. The van der Waals surface area contributed by atoms with E-state index < -0.39 is 34.6 Å². The molecule has 234 valence electrons. The molecule has 9 heteroatoms. The number of esters is 1. The number of hydrogen-bond acceptors (Lipinski definition) is 6. The Labute approximate surface area is 272 Å². The number of anilines is 1. The summed E-state index contributed by atoms with van der Waals surface area (Å²) in [5.74, 6) is -2.36. The first-order valence-electron chi connectivity index (χ1n) is 15.3. The van der Waals surface area contributed by atoms with E-state index in [0.717, 1.165) is 35.2 Å². The Balaban J connectivity index is 1.60. The van der Waals surface area contributed by atoms with Gasteiger partial charge in [0.05, 0.1) is 35.8 Å². The Morgan fingerprint density at radius 2 is 1.93 bits per heavy atom. The largest absolute Gasteiger partial charge is 0.465 e. The average Bonchev–Trinajstić information content (AvgIpc) is 3.61. The SMILES string of the molecule is C=CCCCCOC(=O)[C@H]1[C@@H]2SC3(CC2Br)C(C(=O)N(CC=C)c2cc(C)ccc2C)N([C@H](CO)c2ccccc2)C(=O)[C@H]13. The number of hydrogen-bond donors (Lipinski definition) is 1. The van der Waals surface area contributed by atoms with Crippen LogP contribution in [0, 0.1) is 25.7 Å². The number of aryl methyl sites for hydroxylation is 2. The molecular weight excluding hydrogens is 640 g/mol. The van der Waals surface area contributed by atoms with E-state index in [1.165, 1.54) is 0 Å². The van der Waals surface area contributed by atoms with Gasteiger partial charge in [-0.1, -0.05) is 70.5 Å². The molecule has 2 amide bonds. The number of nitrogens with zero attached hydrogens (tertiary/aromatic N) is 2. The Morgan fingerprint density at radius 3 is 2.61 bits per heavy atom. The van der Waals surface area contributed by atoms with Gasteiger partial charge in [0.15, 0.2) is 0 Å². The van der Waals surface area contributed by atoms with Crippen LogP contribution >= 0.6 is 27.7 Å². The predicted octanol–water partition coefficient (Wildman–Crippen LogP) is 5.92. The topological polar surface area (TPSA) is 87.2 Å². The second-order valence-electron chi connectivity index (χ2n) is 12.0. The summed E-state index contributed by atoms with van der Waals surface area (Å²) in [4.78, 5) is 46.7. The first-order valence-corrected chi connectivity index (χ1v) is 17.1. The lowest BCUT2D eigenvalue weighted by Gasteiger charge is -2.40. The highest BCUT2D eigenvalue weighted by molar-refractivity contribution is 9.09. The highest BCUT2D eigenvalue weighted by Gasteiger charge is 2.76. The maximum absolute atomic E-state index is 15.0. The summed E-state index contributed by atoms with van der Waals surface area (Å²) in [6.07, 6.45) is 6.49. The van der Waals surface area contributed by atoms with Crippen molar-refractivity contribution in [1.29, 1.82) is 0 Å². The lowest BCUT2D eigenvalue weighted by molar-refractivity contribution is -0.154. The number of carbonyl (C=O) groups is 3. The van der Waals surface area contributed by atoms with Crippen molar-refractivity contribution >= 4 is 51.2 Å². The van der Waals surface area contributed by atoms with Crippen LogP contribution in [-0.4, -0.2) is 68.4 Å². The number of aliphatic hydroxyl groups excluding tert-OH is 1. The van der Waals surface area contributed by atoms with Gasteiger partial charge in [-0.15, -0.1) is 24.9 Å². The fourth-order valence-corrected chi connectivity index (χ4v) is 10.8. The van der Waals surface area contributed by atoms with Crippen LogP contribution < -0.4 is 4.90 Å². The average molecular weight is 682 g/mol. The van der Waals surface area contributed by atoms with Gasteiger partial charge in [0.2, 0.25) is 5.91 Å². The van der Waals surface area contributed by atoms with E-state index in [9.17, 15) is 14.7 Å². The number of thioether (sulfide) groups is 1. The van der Waals surface area contributed by atoms with Crippen LogP contribution in [0.1, 0.15) is 48.4 Å². The van der Waals surface area contributed by atoms with E-state index >= 15 is 4.79 Å². The van der Waals surface area contributed by atoms with E-state index in [-0.39, 0.29) is 41.6 Å². The number of amides is 2. The van der Waals surface area contributed by atoms with Crippen molar-refractivity contribution < 1.29 is 24.2 Å². The molecular formula is C35H41BrN2O5S. The minimum Gasteiger partial charge on any atom is -0.465 e. The third-order valence-electron chi connectivity index (χ3n) is 9.21. The highest BCUT2D eigenvalue weighted by Crippen LogP contribution is 2.68. The Morgan fingerprint density at radius 1 is 1.18 bits per heavy atom. The van der Waals surface area contributed by atoms with Crippen molar-refractivity contribution in [2.75, 3.05) is 24.7 Å². The van der Waals surface area contributed by atoms with Crippen LogP contribution in [0.3, 0.4) is 0 Å². The number of aliphatic hydroxyl groups is 1. The standard InChI is InChI=1S/C35H41BrN2O5S/c1-5-7-8-12-18-43-34(42)28-29-32(40)38(27(21-39)24-13-10-9-11-14-24)31(35(29)20-25(36)30(28)44-35)33(41)37(17-6-2)26-19-22(3)15-16-23(26)4/h5-6,9-11,13-16,19,25,27-31,39H,1-2,7-8,12,17-18,20-21H2,3-4H3/t25?,27-,28-,29+,30-,31?,35?/m1/s1. The summed E-state index contributed by atoms with van der Waals surface area (Å²) in [5.41, 5.74) is 3.42. The molecule has 3 fully saturated rings. The third-order valence-corrected chi connectivity index (χ3v) is 12.4. The number of rotatable bonds is 13. The predicted molar refractivity (Wildman–Crippen MR) is 179 cm³/mol.